The van der Waals surface area contributed by atoms with E-state index in [1.807, 2.05) is 6.92 Å². The molecule has 0 saturated heterocycles. The van der Waals surface area contributed by atoms with Crippen LogP contribution in [0.2, 0.25) is 0 Å². The van der Waals surface area contributed by atoms with Crippen LogP contribution in [0.25, 0.3) is 0 Å². The van der Waals surface area contributed by atoms with Gasteiger partial charge in [-0.25, -0.2) is 4.98 Å². The first-order valence-electron chi connectivity index (χ1n) is 5.54. The highest BCUT2D eigenvalue weighted by atomic mass is 16.1. The molecular weight excluding hydrogens is 202 g/mol. The summed E-state index contributed by atoms with van der Waals surface area (Å²) in [6, 6.07) is 1.53. The Morgan fingerprint density at radius 1 is 1.62 bits per heavy atom. The van der Waals surface area contributed by atoms with E-state index >= 15 is 0 Å². The Labute approximate surface area is 96.0 Å². The van der Waals surface area contributed by atoms with Gasteiger partial charge in [-0.2, -0.15) is 0 Å². The van der Waals surface area contributed by atoms with E-state index in [0.717, 1.165) is 30.8 Å². The summed E-state index contributed by atoms with van der Waals surface area (Å²) >= 11 is 0. The summed E-state index contributed by atoms with van der Waals surface area (Å²) in [7, 11) is 0. The fourth-order valence-electron chi connectivity index (χ4n) is 1.37. The Kier molecular flexibility index (Phi) is 4.92. The Bertz CT molecular complexity index is 409. The third-order valence-corrected chi connectivity index (χ3v) is 2.21. The molecule has 88 valence electrons. The minimum Gasteiger partial charge on any atom is -0.313 e. The highest BCUT2D eigenvalue weighted by molar-refractivity contribution is 5.01. The fourth-order valence-corrected chi connectivity index (χ4v) is 1.37. The first-order chi connectivity index (χ1) is 7.63. The minimum absolute atomic E-state index is 0.0239. The number of rotatable bonds is 6. The van der Waals surface area contributed by atoms with Gasteiger partial charge in [0.05, 0.1) is 6.33 Å². The van der Waals surface area contributed by atoms with Crippen LogP contribution in [-0.2, 0) is 6.54 Å². The molecule has 0 aliphatic rings. The summed E-state index contributed by atoms with van der Waals surface area (Å²) in [5, 5.41) is 3.25. The molecule has 0 fully saturated rings. The molecule has 1 aromatic heterocycles. The number of aromatic nitrogens is 2. The normalized spacial score (nSPS) is 10.4. The molecule has 1 N–H and O–H groups in total. The predicted molar refractivity (Wildman–Crippen MR) is 65.5 cm³/mol. The topological polar surface area (TPSA) is 46.9 Å². The van der Waals surface area contributed by atoms with E-state index in [0.29, 0.717) is 6.54 Å². The van der Waals surface area contributed by atoms with E-state index in [9.17, 15) is 4.79 Å². The number of nitrogens with zero attached hydrogens (tertiary/aromatic N) is 2. The van der Waals surface area contributed by atoms with Crippen LogP contribution in [0.15, 0.2) is 29.3 Å². The van der Waals surface area contributed by atoms with Gasteiger partial charge in [-0.1, -0.05) is 13.5 Å². The molecule has 0 unspecified atom stereocenters. The average Bonchev–Trinajstić information content (AvgIpc) is 2.23. The maximum atomic E-state index is 11.6. The molecule has 0 aliphatic heterocycles. The van der Waals surface area contributed by atoms with Crippen LogP contribution in [0.1, 0.15) is 19.0 Å². The van der Waals surface area contributed by atoms with Gasteiger partial charge in [-0.15, -0.1) is 0 Å². The van der Waals surface area contributed by atoms with E-state index in [4.69, 9.17) is 0 Å². The van der Waals surface area contributed by atoms with Crippen LogP contribution < -0.4 is 10.9 Å². The fraction of sp³-hybridized carbons (Fsp3) is 0.500. The molecule has 0 saturated carbocycles. The number of nitrogens with one attached hydrogen (secondary N) is 1. The summed E-state index contributed by atoms with van der Waals surface area (Å²) in [4.78, 5) is 15.7. The smallest absolute Gasteiger partial charge is 0.253 e. The van der Waals surface area contributed by atoms with Gasteiger partial charge in [0.15, 0.2) is 0 Å². The van der Waals surface area contributed by atoms with Crippen LogP contribution in [0.4, 0.5) is 0 Å². The third kappa shape index (κ3) is 3.98. The largest absolute Gasteiger partial charge is 0.313 e. The van der Waals surface area contributed by atoms with Crippen molar-refractivity contribution in [3.05, 3.63) is 40.6 Å². The maximum absolute atomic E-state index is 11.6. The molecule has 0 spiro atoms. The lowest BCUT2D eigenvalue weighted by Gasteiger charge is -2.09. The first-order valence-corrected chi connectivity index (χ1v) is 5.54. The van der Waals surface area contributed by atoms with Crippen LogP contribution in [-0.4, -0.2) is 22.6 Å². The molecular formula is C12H19N3O. The Hall–Kier alpha value is -1.42. The monoisotopic (exact) mass is 221 g/mol. The van der Waals surface area contributed by atoms with Crippen molar-refractivity contribution in [2.45, 2.75) is 26.8 Å². The second-order valence-electron chi connectivity index (χ2n) is 3.92. The van der Waals surface area contributed by atoms with Gasteiger partial charge in [-0.05, 0) is 25.5 Å². The molecule has 4 nitrogen and oxygen atoms in total. The summed E-state index contributed by atoms with van der Waals surface area (Å²) in [5.41, 5.74) is 1.71. The molecule has 1 aromatic rings. The summed E-state index contributed by atoms with van der Waals surface area (Å²) in [5.74, 6) is 0. The second-order valence-corrected chi connectivity index (χ2v) is 3.92. The van der Waals surface area contributed by atoms with Crippen molar-refractivity contribution in [1.29, 1.82) is 0 Å². The lowest BCUT2D eigenvalue weighted by atomic mass is 10.3. The standard InChI is InChI=1S/C12H19N3O/c1-4-5-13-7-10(2)8-15-9-14-11(3)6-12(15)16/h6,9,13H,2,4-5,7-8H2,1,3H3. The van der Waals surface area contributed by atoms with Crippen LogP contribution in [0, 0.1) is 6.92 Å². The van der Waals surface area contributed by atoms with E-state index in [2.05, 4.69) is 23.8 Å². The zero-order valence-corrected chi connectivity index (χ0v) is 9.99. The number of aryl methyl sites for hydroxylation is 1. The molecule has 0 aromatic carbocycles. The second kappa shape index (κ2) is 6.23. The van der Waals surface area contributed by atoms with Crippen molar-refractivity contribution in [3.8, 4) is 0 Å². The van der Waals surface area contributed by atoms with E-state index < -0.39 is 0 Å². The Morgan fingerprint density at radius 2 is 2.38 bits per heavy atom. The molecule has 1 rings (SSSR count). The molecule has 1 heterocycles. The molecule has 0 atom stereocenters. The highest BCUT2D eigenvalue weighted by Gasteiger charge is 1.99. The average molecular weight is 221 g/mol. The van der Waals surface area contributed by atoms with Gasteiger partial charge in [-0.3, -0.25) is 9.36 Å². The first kappa shape index (κ1) is 12.6. The van der Waals surface area contributed by atoms with E-state index in [-0.39, 0.29) is 5.56 Å². The summed E-state index contributed by atoms with van der Waals surface area (Å²) < 4.78 is 1.57. The quantitative estimate of drug-likeness (QED) is 0.578. The molecule has 16 heavy (non-hydrogen) atoms. The molecule has 0 amide bonds. The molecule has 0 bridgehead atoms. The number of hydrogen-bond acceptors (Lipinski definition) is 3. The van der Waals surface area contributed by atoms with Crippen molar-refractivity contribution >= 4 is 0 Å². The van der Waals surface area contributed by atoms with Crippen LogP contribution in [0.3, 0.4) is 0 Å². The van der Waals surface area contributed by atoms with Gasteiger partial charge in [0, 0.05) is 24.8 Å². The van der Waals surface area contributed by atoms with E-state index in [1.54, 1.807) is 10.9 Å². The molecule has 0 radical (unpaired) electrons. The molecule has 0 aliphatic carbocycles. The van der Waals surface area contributed by atoms with Crippen molar-refractivity contribution in [3.63, 3.8) is 0 Å². The SMILES string of the molecule is C=C(CNCCC)Cn1cnc(C)cc1=O. The predicted octanol–water partition coefficient (Wildman–Crippen LogP) is 1.11. The minimum atomic E-state index is -0.0239. The van der Waals surface area contributed by atoms with Gasteiger partial charge < -0.3 is 5.32 Å². The third-order valence-electron chi connectivity index (χ3n) is 2.21. The Balaban J connectivity index is 2.53. The highest BCUT2D eigenvalue weighted by Crippen LogP contribution is 1.93. The van der Waals surface area contributed by atoms with E-state index in [1.165, 1.54) is 6.07 Å². The zero-order valence-electron chi connectivity index (χ0n) is 9.99. The van der Waals surface area contributed by atoms with Gasteiger partial charge in [0.2, 0.25) is 0 Å². The Morgan fingerprint density at radius 3 is 3.00 bits per heavy atom. The van der Waals surface area contributed by atoms with Crippen molar-refractivity contribution in [2.75, 3.05) is 13.1 Å². The van der Waals surface area contributed by atoms with Gasteiger partial charge in [0.1, 0.15) is 0 Å². The maximum Gasteiger partial charge on any atom is 0.253 e. The van der Waals surface area contributed by atoms with Crippen molar-refractivity contribution < 1.29 is 0 Å². The van der Waals surface area contributed by atoms with Gasteiger partial charge in [0.25, 0.3) is 5.56 Å². The summed E-state index contributed by atoms with van der Waals surface area (Å²) in [6.07, 6.45) is 2.67. The molecule has 4 heteroatoms. The number of hydrogen-bond donors (Lipinski definition) is 1. The van der Waals surface area contributed by atoms with Crippen molar-refractivity contribution in [2.24, 2.45) is 0 Å². The zero-order chi connectivity index (χ0) is 12.0. The van der Waals surface area contributed by atoms with Gasteiger partial charge >= 0.3 is 0 Å². The summed E-state index contributed by atoms with van der Waals surface area (Å²) in [6.45, 7) is 10.1. The van der Waals surface area contributed by atoms with Crippen LogP contribution in [0.5, 0.6) is 0 Å². The lowest BCUT2D eigenvalue weighted by Crippen LogP contribution is -2.25. The van der Waals surface area contributed by atoms with Crippen molar-refractivity contribution in [1.82, 2.24) is 14.9 Å². The van der Waals surface area contributed by atoms with Crippen LogP contribution >= 0.6 is 0 Å². The lowest BCUT2D eigenvalue weighted by molar-refractivity contribution is 0.656.